The summed E-state index contributed by atoms with van der Waals surface area (Å²) in [6.45, 7) is 3.19. The van der Waals surface area contributed by atoms with E-state index in [4.69, 9.17) is 4.74 Å². The van der Waals surface area contributed by atoms with Crippen LogP contribution < -0.4 is 10.1 Å². The van der Waals surface area contributed by atoms with Crippen LogP contribution in [0, 0.1) is 6.92 Å². The molecule has 0 fully saturated rings. The van der Waals surface area contributed by atoms with E-state index in [9.17, 15) is 4.39 Å². The molecule has 1 N–H and O–H groups in total. The molecular weight excluding hydrogens is 193 g/mol. The molecule has 0 bridgehead atoms. The fourth-order valence-electron chi connectivity index (χ4n) is 1.41. The Kier molecular flexibility index (Phi) is 5.12. The highest BCUT2D eigenvalue weighted by atomic mass is 19.1. The fraction of sp³-hybridized carbons (Fsp3) is 0.500. The van der Waals surface area contributed by atoms with Crippen LogP contribution >= 0.6 is 0 Å². The first-order valence-corrected chi connectivity index (χ1v) is 5.18. The van der Waals surface area contributed by atoms with Crippen molar-refractivity contribution in [2.75, 3.05) is 20.3 Å². The lowest BCUT2D eigenvalue weighted by Crippen LogP contribution is -2.15. The van der Waals surface area contributed by atoms with Gasteiger partial charge < -0.3 is 10.1 Å². The van der Waals surface area contributed by atoms with Crippen molar-refractivity contribution < 1.29 is 9.13 Å². The highest BCUT2D eigenvalue weighted by molar-refractivity contribution is 5.36. The number of hydrogen-bond acceptors (Lipinski definition) is 2. The second-order valence-corrected chi connectivity index (χ2v) is 3.53. The van der Waals surface area contributed by atoms with E-state index in [1.807, 2.05) is 19.1 Å². The molecule has 0 aliphatic rings. The predicted molar refractivity (Wildman–Crippen MR) is 60.0 cm³/mol. The molecule has 2 nitrogen and oxygen atoms in total. The maximum Gasteiger partial charge on any atom is 0.123 e. The summed E-state index contributed by atoms with van der Waals surface area (Å²) in [5, 5.41) is 3.18. The van der Waals surface area contributed by atoms with Gasteiger partial charge in [0.05, 0.1) is 13.8 Å². The third-order valence-corrected chi connectivity index (χ3v) is 2.25. The molecule has 0 unspecified atom stereocenters. The Morgan fingerprint density at radius 1 is 1.40 bits per heavy atom. The third kappa shape index (κ3) is 3.88. The lowest BCUT2D eigenvalue weighted by atomic mass is 10.1. The van der Waals surface area contributed by atoms with Crippen LogP contribution in [0.5, 0.6) is 5.75 Å². The van der Waals surface area contributed by atoms with Gasteiger partial charge in [0.25, 0.3) is 0 Å². The van der Waals surface area contributed by atoms with Crippen molar-refractivity contribution in [2.24, 2.45) is 0 Å². The van der Waals surface area contributed by atoms with Crippen molar-refractivity contribution in [3.63, 3.8) is 0 Å². The standard InChI is InChI=1S/C12H18FNO/c1-10-4-5-11(12(8-10)15-2)9-14-7-3-6-13/h4-5,8,14H,3,6-7,9H2,1-2H3. The molecule has 84 valence electrons. The average Bonchev–Trinajstić information content (AvgIpc) is 2.26. The SMILES string of the molecule is COc1cc(C)ccc1CNCCCF. The number of rotatable bonds is 6. The van der Waals surface area contributed by atoms with Crippen LogP contribution in [0.1, 0.15) is 17.5 Å². The van der Waals surface area contributed by atoms with Crippen molar-refractivity contribution in [3.05, 3.63) is 29.3 Å². The largest absolute Gasteiger partial charge is 0.496 e. The first-order chi connectivity index (χ1) is 7.27. The Labute approximate surface area is 90.4 Å². The summed E-state index contributed by atoms with van der Waals surface area (Å²) in [6.07, 6.45) is 0.564. The van der Waals surface area contributed by atoms with Crippen molar-refractivity contribution in [1.82, 2.24) is 5.32 Å². The molecule has 0 aliphatic carbocycles. The van der Waals surface area contributed by atoms with Gasteiger partial charge in [0, 0.05) is 12.1 Å². The Morgan fingerprint density at radius 3 is 2.87 bits per heavy atom. The van der Waals surface area contributed by atoms with E-state index < -0.39 is 0 Å². The summed E-state index contributed by atoms with van der Waals surface area (Å²) >= 11 is 0. The Balaban J connectivity index is 2.52. The van der Waals surface area contributed by atoms with E-state index in [-0.39, 0.29) is 6.67 Å². The molecule has 0 aromatic heterocycles. The van der Waals surface area contributed by atoms with E-state index in [0.29, 0.717) is 13.0 Å². The summed E-state index contributed by atoms with van der Waals surface area (Å²) in [6, 6.07) is 6.09. The van der Waals surface area contributed by atoms with Crippen LogP contribution in [0.15, 0.2) is 18.2 Å². The number of ether oxygens (including phenoxy) is 1. The molecule has 0 radical (unpaired) electrons. The monoisotopic (exact) mass is 211 g/mol. The van der Waals surface area contributed by atoms with Gasteiger partial charge in [-0.25, -0.2) is 0 Å². The van der Waals surface area contributed by atoms with Gasteiger partial charge in [0.15, 0.2) is 0 Å². The molecule has 1 aromatic rings. The Hall–Kier alpha value is -1.09. The summed E-state index contributed by atoms with van der Waals surface area (Å²) in [5.74, 6) is 0.891. The molecular formula is C12H18FNO. The number of nitrogens with one attached hydrogen (secondary N) is 1. The first kappa shape index (κ1) is 12.0. The number of alkyl halides is 1. The molecule has 0 saturated carbocycles. The van der Waals surface area contributed by atoms with Crippen LogP contribution in [0.4, 0.5) is 4.39 Å². The number of methoxy groups -OCH3 is 1. The Bertz CT molecular complexity index is 302. The highest BCUT2D eigenvalue weighted by Gasteiger charge is 2.01. The lowest BCUT2D eigenvalue weighted by Gasteiger charge is -2.10. The maximum atomic E-state index is 11.9. The minimum Gasteiger partial charge on any atom is -0.496 e. The molecule has 0 spiro atoms. The van der Waals surface area contributed by atoms with Gasteiger partial charge >= 0.3 is 0 Å². The second kappa shape index (κ2) is 6.40. The van der Waals surface area contributed by atoms with Gasteiger partial charge in [-0.15, -0.1) is 0 Å². The first-order valence-electron chi connectivity index (χ1n) is 5.18. The predicted octanol–water partition coefficient (Wildman–Crippen LogP) is 2.45. The Morgan fingerprint density at radius 2 is 2.20 bits per heavy atom. The van der Waals surface area contributed by atoms with Crippen molar-refractivity contribution >= 4 is 0 Å². The number of benzene rings is 1. The number of halogens is 1. The fourth-order valence-corrected chi connectivity index (χ4v) is 1.41. The van der Waals surface area contributed by atoms with Gasteiger partial charge in [0.2, 0.25) is 0 Å². The summed E-state index contributed by atoms with van der Waals surface area (Å²) < 4.78 is 17.1. The summed E-state index contributed by atoms with van der Waals surface area (Å²) in [4.78, 5) is 0. The average molecular weight is 211 g/mol. The van der Waals surface area contributed by atoms with Crippen molar-refractivity contribution in [2.45, 2.75) is 19.9 Å². The van der Waals surface area contributed by atoms with Gasteiger partial charge in [-0.2, -0.15) is 0 Å². The smallest absolute Gasteiger partial charge is 0.123 e. The zero-order chi connectivity index (χ0) is 11.1. The van der Waals surface area contributed by atoms with Crippen LogP contribution in [0.25, 0.3) is 0 Å². The van der Waals surface area contributed by atoms with Gasteiger partial charge in [-0.05, 0) is 31.5 Å². The summed E-state index contributed by atoms with van der Waals surface area (Å²) in [7, 11) is 1.67. The highest BCUT2D eigenvalue weighted by Crippen LogP contribution is 2.19. The lowest BCUT2D eigenvalue weighted by molar-refractivity contribution is 0.406. The number of hydrogen-bond donors (Lipinski definition) is 1. The van der Waals surface area contributed by atoms with Crippen LogP contribution in [-0.2, 0) is 6.54 Å². The molecule has 15 heavy (non-hydrogen) atoms. The van der Waals surface area contributed by atoms with Gasteiger partial charge in [0.1, 0.15) is 5.75 Å². The quantitative estimate of drug-likeness (QED) is 0.730. The molecule has 1 rings (SSSR count). The second-order valence-electron chi connectivity index (χ2n) is 3.53. The molecule has 3 heteroatoms. The van der Waals surface area contributed by atoms with Gasteiger partial charge in [-0.1, -0.05) is 12.1 Å². The van der Waals surface area contributed by atoms with Crippen molar-refractivity contribution in [3.8, 4) is 5.75 Å². The van der Waals surface area contributed by atoms with Gasteiger partial charge in [-0.3, -0.25) is 4.39 Å². The number of aryl methyl sites for hydroxylation is 1. The molecule has 1 aromatic carbocycles. The zero-order valence-corrected chi connectivity index (χ0v) is 9.35. The summed E-state index contributed by atoms with van der Waals surface area (Å²) in [5.41, 5.74) is 2.29. The van der Waals surface area contributed by atoms with E-state index >= 15 is 0 Å². The molecule has 0 amide bonds. The van der Waals surface area contributed by atoms with E-state index in [2.05, 4.69) is 11.4 Å². The van der Waals surface area contributed by atoms with Crippen LogP contribution in [0.3, 0.4) is 0 Å². The maximum absolute atomic E-state index is 11.9. The van der Waals surface area contributed by atoms with Crippen LogP contribution in [-0.4, -0.2) is 20.3 Å². The normalized spacial score (nSPS) is 10.3. The van der Waals surface area contributed by atoms with E-state index in [0.717, 1.165) is 17.9 Å². The zero-order valence-electron chi connectivity index (χ0n) is 9.35. The van der Waals surface area contributed by atoms with Crippen molar-refractivity contribution in [1.29, 1.82) is 0 Å². The molecule has 0 aliphatic heterocycles. The van der Waals surface area contributed by atoms with E-state index in [1.165, 1.54) is 5.56 Å². The molecule has 0 atom stereocenters. The molecule has 0 heterocycles. The topological polar surface area (TPSA) is 21.3 Å². The minimum atomic E-state index is -0.266. The minimum absolute atomic E-state index is 0.266. The van der Waals surface area contributed by atoms with Crippen LogP contribution in [0.2, 0.25) is 0 Å². The van der Waals surface area contributed by atoms with E-state index in [1.54, 1.807) is 7.11 Å². The third-order valence-electron chi connectivity index (χ3n) is 2.25. The molecule has 0 saturated heterocycles.